The standard InChI is InChI=1S/C26H21ClN4OS2/c1-31(24(22-12-7-13-33-22)19-14-28-21-11-6-5-10-18(19)21)25(32)23-20(27)15-29-26(30-23)34-16-17-8-3-2-4-9-17/h2-15,24,28H,16H2,1H3/t24-/m1/s1. The molecule has 1 amide bonds. The number of aromatic amines is 1. The summed E-state index contributed by atoms with van der Waals surface area (Å²) in [6, 6.07) is 21.9. The van der Waals surface area contributed by atoms with Gasteiger partial charge in [-0.1, -0.05) is 78.0 Å². The minimum atomic E-state index is -0.282. The number of H-pyrrole nitrogens is 1. The smallest absolute Gasteiger partial charge is 0.274 e. The first-order valence-corrected chi connectivity index (χ1v) is 12.9. The molecule has 0 unspecified atom stereocenters. The van der Waals surface area contributed by atoms with E-state index in [2.05, 4.69) is 33.2 Å². The molecule has 0 bridgehead atoms. The van der Waals surface area contributed by atoms with Crippen molar-refractivity contribution < 1.29 is 4.79 Å². The summed E-state index contributed by atoms with van der Waals surface area (Å²) >= 11 is 9.51. The van der Waals surface area contributed by atoms with Crippen LogP contribution in [0.15, 0.2) is 89.7 Å². The number of rotatable bonds is 7. The van der Waals surface area contributed by atoms with E-state index in [1.54, 1.807) is 23.3 Å². The number of halogens is 1. The zero-order valence-corrected chi connectivity index (χ0v) is 20.7. The van der Waals surface area contributed by atoms with E-state index in [1.165, 1.54) is 18.0 Å². The molecule has 0 fully saturated rings. The van der Waals surface area contributed by atoms with Crippen LogP contribution in [0.1, 0.15) is 32.5 Å². The third kappa shape index (κ3) is 4.59. The fourth-order valence-corrected chi connectivity index (χ4v) is 5.73. The average molecular weight is 505 g/mol. The van der Waals surface area contributed by atoms with Gasteiger partial charge in [0.25, 0.3) is 5.91 Å². The van der Waals surface area contributed by atoms with Crippen LogP contribution >= 0.6 is 34.7 Å². The minimum absolute atomic E-state index is 0.205. The zero-order chi connectivity index (χ0) is 23.5. The highest BCUT2D eigenvalue weighted by atomic mass is 35.5. The van der Waals surface area contributed by atoms with Crippen molar-refractivity contribution in [3.05, 3.63) is 111 Å². The number of para-hydroxylation sites is 1. The van der Waals surface area contributed by atoms with Gasteiger partial charge in [-0.25, -0.2) is 9.97 Å². The number of amides is 1. The van der Waals surface area contributed by atoms with Crippen molar-refractivity contribution in [2.45, 2.75) is 17.0 Å². The molecule has 170 valence electrons. The largest absolute Gasteiger partial charge is 0.361 e. The van der Waals surface area contributed by atoms with Gasteiger partial charge in [0.2, 0.25) is 0 Å². The maximum Gasteiger partial charge on any atom is 0.274 e. The molecular weight excluding hydrogens is 484 g/mol. The van der Waals surface area contributed by atoms with E-state index in [9.17, 15) is 4.79 Å². The van der Waals surface area contributed by atoms with Gasteiger partial charge < -0.3 is 9.88 Å². The molecule has 0 radical (unpaired) electrons. The Balaban J connectivity index is 1.46. The molecule has 0 aliphatic carbocycles. The number of benzene rings is 2. The number of hydrogen-bond donors (Lipinski definition) is 1. The number of carbonyl (C=O) groups is 1. The Labute approximate surface area is 210 Å². The quantitative estimate of drug-likeness (QED) is 0.195. The molecule has 0 saturated heterocycles. The van der Waals surface area contributed by atoms with Crippen molar-refractivity contribution in [1.29, 1.82) is 0 Å². The predicted molar refractivity (Wildman–Crippen MR) is 140 cm³/mol. The Morgan fingerprint density at radius 1 is 1.12 bits per heavy atom. The Morgan fingerprint density at radius 2 is 1.91 bits per heavy atom. The van der Waals surface area contributed by atoms with Gasteiger partial charge in [-0.05, 0) is 23.1 Å². The van der Waals surface area contributed by atoms with Crippen LogP contribution in [0, 0.1) is 0 Å². The molecule has 0 spiro atoms. The van der Waals surface area contributed by atoms with Gasteiger partial charge in [0.05, 0.1) is 17.3 Å². The Kier molecular flexibility index (Phi) is 6.67. The van der Waals surface area contributed by atoms with E-state index < -0.39 is 0 Å². The van der Waals surface area contributed by atoms with Crippen LogP contribution in [0.4, 0.5) is 0 Å². The van der Waals surface area contributed by atoms with Crippen LogP contribution < -0.4 is 0 Å². The van der Waals surface area contributed by atoms with Crippen molar-refractivity contribution in [2.75, 3.05) is 7.05 Å². The predicted octanol–water partition coefficient (Wildman–Crippen LogP) is 6.83. The highest BCUT2D eigenvalue weighted by molar-refractivity contribution is 7.98. The lowest BCUT2D eigenvalue weighted by Gasteiger charge is -2.27. The lowest BCUT2D eigenvalue weighted by atomic mass is 10.0. The normalized spacial score (nSPS) is 12.1. The SMILES string of the molecule is CN(C(=O)c1nc(SCc2ccccc2)ncc1Cl)[C@@H](c1cccs1)c1c[nH]c2ccccc12. The number of carbonyl (C=O) groups excluding carboxylic acids is 1. The highest BCUT2D eigenvalue weighted by Gasteiger charge is 2.29. The van der Waals surface area contributed by atoms with Gasteiger partial charge in [0.1, 0.15) is 0 Å². The second-order valence-corrected chi connectivity index (χ2v) is 10.1. The molecule has 34 heavy (non-hydrogen) atoms. The minimum Gasteiger partial charge on any atom is -0.361 e. The molecule has 3 heterocycles. The molecular formula is C26H21ClN4OS2. The van der Waals surface area contributed by atoms with Crippen LogP contribution in [0.2, 0.25) is 5.02 Å². The summed E-state index contributed by atoms with van der Waals surface area (Å²) in [5, 5.41) is 3.86. The third-order valence-electron chi connectivity index (χ3n) is 5.57. The van der Waals surface area contributed by atoms with Gasteiger partial charge in [0, 0.05) is 40.3 Å². The van der Waals surface area contributed by atoms with Crippen LogP contribution in [0.3, 0.4) is 0 Å². The first-order chi connectivity index (χ1) is 16.6. The first-order valence-electron chi connectivity index (χ1n) is 10.7. The van der Waals surface area contributed by atoms with Gasteiger partial charge in [-0.3, -0.25) is 4.79 Å². The van der Waals surface area contributed by atoms with E-state index in [0.717, 1.165) is 26.9 Å². The summed E-state index contributed by atoms with van der Waals surface area (Å²) in [6.07, 6.45) is 3.48. The fourth-order valence-electron chi connectivity index (χ4n) is 3.90. The van der Waals surface area contributed by atoms with Gasteiger partial charge in [0.15, 0.2) is 10.9 Å². The van der Waals surface area contributed by atoms with Gasteiger partial charge in [-0.2, -0.15) is 0 Å². The third-order valence-corrected chi connectivity index (χ3v) is 7.71. The van der Waals surface area contributed by atoms with E-state index >= 15 is 0 Å². The monoisotopic (exact) mass is 504 g/mol. The number of fused-ring (bicyclic) bond motifs is 1. The van der Waals surface area contributed by atoms with E-state index in [-0.39, 0.29) is 22.7 Å². The van der Waals surface area contributed by atoms with Crippen molar-refractivity contribution in [2.24, 2.45) is 0 Å². The zero-order valence-electron chi connectivity index (χ0n) is 18.3. The van der Waals surface area contributed by atoms with Crippen molar-refractivity contribution in [1.82, 2.24) is 19.9 Å². The van der Waals surface area contributed by atoms with Gasteiger partial charge >= 0.3 is 0 Å². The Bertz CT molecular complexity index is 1420. The molecule has 2 aromatic carbocycles. The molecule has 5 aromatic rings. The summed E-state index contributed by atoms with van der Waals surface area (Å²) in [5.41, 5.74) is 3.42. The molecule has 8 heteroatoms. The fraction of sp³-hybridized carbons (Fsp3) is 0.115. The van der Waals surface area contributed by atoms with Crippen molar-refractivity contribution in [3.8, 4) is 0 Å². The lowest BCUT2D eigenvalue weighted by Crippen LogP contribution is -2.32. The number of nitrogens with zero attached hydrogens (tertiary/aromatic N) is 3. The number of aromatic nitrogens is 3. The molecule has 1 N–H and O–H groups in total. The number of hydrogen-bond acceptors (Lipinski definition) is 5. The molecule has 3 aromatic heterocycles. The summed E-state index contributed by atoms with van der Waals surface area (Å²) in [6.45, 7) is 0. The van der Waals surface area contributed by atoms with E-state index in [1.807, 2.05) is 60.1 Å². The summed E-state index contributed by atoms with van der Waals surface area (Å²) < 4.78 is 0. The maximum atomic E-state index is 13.7. The highest BCUT2D eigenvalue weighted by Crippen LogP contribution is 2.36. The molecule has 0 saturated carbocycles. The summed E-state index contributed by atoms with van der Waals surface area (Å²) in [4.78, 5) is 28.7. The summed E-state index contributed by atoms with van der Waals surface area (Å²) in [5.74, 6) is 0.455. The Hall–Kier alpha value is -3.13. The molecule has 0 aliphatic rings. The van der Waals surface area contributed by atoms with Gasteiger partial charge in [-0.15, -0.1) is 11.3 Å². The number of thioether (sulfide) groups is 1. The van der Waals surface area contributed by atoms with Crippen LogP contribution in [-0.2, 0) is 5.75 Å². The molecule has 5 nitrogen and oxygen atoms in total. The second kappa shape index (κ2) is 10.0. The lowest BCUT2D eigenvalue weighted by molar-refractivity contribution is 0.0751. The second-order valence-electron chi connectivity index (χ2n) is 7.75. The first kappa shape index (κ1) is 22.7. The van der Waals surface area contributed by atoms with E-state index in [0.29, 0.717) is 10.9 Å². The molecule has 1 atom stereocenters. The summed E-state index contributed by atoms with van der Waals surface area (Å²) in [7, 11) is 1.80. The van der Waals surface area contributed by atoms with E-state index in [4.69, 9.17) is 11.6 Å². The van der Waals surface area contributed by atoms with Crippen LogP contribution in [-0.4, -0.2) is 32.8 Å². The van der Waals surface area contributed by atoms with Crippen molar-refractivity contribution in [3.63, 3.8) is 0 Å². The number of nitrogens with one attached hydrogen (secondary N) is 1. The molecule has 5 rings (SSSR count). The average Bonchev–Trinajstić information content (AvgIpc) is 3.55. The Morgan fingerprint density at radius 3 is 2.71 bits per heavy atom. The molecule has 0 aliphatic heterocycles. The number of thiophene rings is 1. The van der Waals surface area contributed by atoms with Crippen LogP contribution in [0.5, 0.6) is 0 Å². The maximum absolute atomic E-state index is 13.7. The topological polar surface area (TPSA) is 61.9 Å². The van der Waals surface area contributed by atoms with Crippen LogP contribution in [0.25, 0.3) is 10.9 Å². The van der Waals surface area contributed by atoms with Crippen molar-refractivity contribution >= 4 is 51.5 Å².